The van der Waals surface area contributed by atoms with E-state index in [-0.39, 0.29) is 18.4 Å². The summed E-state index contributed by atoms with van der Waals surface area (Å²) in [7, 11) is 3.81. The number of imidazole rings is 2. The number of aliphatic hydroxyl groups excluding tert-OH is 1. The lowest BCUT2D eigenvalue weighted by molar-refractivity contribution is 0.100. The fourth-order valence-corrected chi connectivity index (χ4v) is 9.68. The molecule has 0 unspecified atom stereocenters. The monoisotopic (exact) mass is 724 g/mol. The molecule has 0 atom stereocenters. The smallest absolute Gasteiger partial charge is 0.291 e. The number of nitrogens with zero attached hydrogens (tertiary/aromatic N) is 6. The number of benzene rings is 2. The molecule has 2 aromatic carbocycles. The normalized spacial score (nSPS) is 21.3. The van der Waals surface area contributed by atoms with E-state index in [4.69, 9.17) is 16.6 Å². The molecule has 2 aromatic heterocycles. The third-order valence-corrected chi connectivity index (χ3v) is 12.9. The van der Waals surface area contributed by atoms with Gasteiger partial charge in [0.15, 0.2) is 11.6 Å². The predicted octanol–water partition coefficient (Wildman–Crippen LogP) is 5.97. The lowest BCUT2D eigenvalue weighted by Crippen LogP contribution is -2.34. The van der Waals surface area contributed by atoms with Crippen molar-refractivity contribution in [1.29, 1.82) is 0 Å². The molecule has 4 aromatic rings. The highest BCUT2D eigenvalue weighted by molar-refractivity contribution is 6.36. The number of β-amino-alcohol motifs (C(OH)–C–C–N with tert-alkyl or cyclic N) is 1. The first-order valence-corrected chi connectivity index (χ1v) is 19.2. The number of aliphatic hydroxyl groups is 1. The van der Waals surface area contributed by atoms with Crippen LogP contribution in [0.25, 0.3) is 11.1 Å². The highest BCUT2D eigenvalue weighted by Crippen LogP contribution is 2.56. The average Bonchev–Trinajstić information content (AvgIpc) is 3.91. The zero-order valence-corrected chi connectivity index (χ0v) is 31.2. The number of hydrogen-bond donors (Lipinski definition) is 3. The highest BCUT2D eigenvalue weighted by Gasteiger charge is 2.44. The summed E-state index contributed by atoms with van der Waals surface area (Å²) in [5.41, 5.74) is 8.22. The molecular weight excluding hydrogens is 676 g/mol. The number of rotatable bonds is 10. The van der Waals surface area contributed by atoms with Gasteiger partial charge in [0.2, 0.25) is 0 Å². The molecular formula is C40H49ClN8O3. The van der Waals surface area contributed by atoms with Crippen LogP contribution in [0.4, 0.5) is 11.4 Å². The van der Waals surface area contributed by atoms with E-state index in [1.54, 1.807) is 6.07 Å². The van der Waals surface area contributed by atoms with Crippen LogP contribution in [0.5, 0.6) is 0 Å². The molecule has 3 N–H and O–H groups in total. The number of nitrogens with one attached hydrogen (secondary N) is 2. The van der Waals surface area contributed by atoms with E-state index in [9.17, 15) is 14.7 Å². The predicted molar refractivity (Wildman–Crippen MR) is 203 cm³/mol. The molecule has 52 heavy (non-hydrogen) atoms. The van der Waals surface area contributed by atoms with Crippen molar-refractivity contribution in [2.24, 2.45) is 25.4 Å². The van der Waals surface area contributed by atoms with Crippen LogP contribution < -0.4 is 10.6 Å². The maximum absolute atomic E-state index is 13.7. The van der Waals surface area contributed by atoms with Gasteiger partial charge in [-0.3, -0.25) is 19.4 Å². The van der Waals surface area contributed by atoms with Crippen LogP contribution in [-0.2, 0) is 40.0 Å². The van der Waals surface area contributed by atoms with E-state index >= 15 is 0 Å². The van der Waals surface area contributed by atoms with E-state index in [0.717, 1.165) is 84.4 Å². The van der Waals surface area contributed by atoms with Gasteiger partial charge in [-0.15, -0.1) is 0 Å². The lowest BCUT2D eigenvalue weighted by Gasteiger charge is -2.32. The van der Waals surface area contributed by atoms with E-state index in [0.29, 0.717) is 46.6 Å². The van der Waals surface area contributed by atoms with Gasteiger partial charge in [-0.05, 0) is 86.6 Å². The number of aromatic nitrogens is 4. The van der Waals surface area contributed by atoms with Crippen LogP contribution in [0, 0.1) is 18.3 Å². The molecule has 2 amide bonds. The van der Waals surface area contributed by atoms with Crippen LogP contribution in [-0.4, -0.2) is 78.6 Å². The van der Waals surface area contributed by atoms with Gasteiger partial charge in [-0.25, -0.2) is 9.97 Å². The van der Waals surface area contributed by atoms with E-state index in [2.05, 4.69) is 25.4 Å². The number of amides is 2. The Morgan fingerprint density at radius 3 is 1.98 bits per heavy atom. The number of halogens is 1. The van der Waals surface area contributed by atoms with Crippen molar-refractivity contribution in [2.75, 3.05) is 43.4 Å². The van der Waals surface area contributed by atoms with Crippen molar-refractivity contribution in [1.82, 2.24) is 28.9 Å². The number of carbonyl (C=O) groups excluding carboxylic acids is 2. The van der Waals surface area contributed by atoms with Gasteiger partial charge in [0.25, 0.3) is 11.8 Å². The van der Waals surface area contributed by atoms with Crippen LogP contribution in [0.3, 0.4) is 0 Å². The minimum absolute atomic E-state index is 0.0878. The van der Waals surface area contributed by atoms with Gasteiger partial charge in [-0.1, -0.05) is 35.9 Å². The lowest BCUT2D eigenvalue weighted by atomic mass is 9.81. The maximum atomic E-state index is 13.7. The Balaban J connectivity index is 0.957. The second-order valence-electron chi connectivity index (χ2n) is 15.5. The second kappa shape index (κ2) is 14.1. The molecule has 8 rings (SSSR count). The summed E-state index contributed by atoms with van der Waals surface area (Å²) in [4.78, 5) is 41.5. The summed E-state index contributed by atoms with van der Waals surface area (Å²) in [6.45, 7) is 6.94. The Bertz CT molecular complexity index is 2030. The Labute approximate surface area is 310 Å². The molecule has 2 saturated carbocycles. The van der Waals surface area contributed by atoms with Crippen LogP contribution in [0.15, 0.2) is 36.4 Å². The van der Waals surface area contributed by atoms with Gasteiger partial charge in [0.1, 0.15) is 0 Å². The van der Waals surface area contributed by atoms with Crippen molar-refractivity contribution in [3.8, 4) is 11.1 Å². The molecule has 2 fully saturated rings. The summed E-state index contributed by atoms with van der Waals surface area (Å²) in [6, 6.07) is 11.3. The Morgan fingerprint density at radius 1 is 0.846 bits per heavy atom. The van der Waals surface area contributed by atoms with Crippen LogP contribution >= 0.6 is 11.6 Å². The quantitative estimate of drug-likeness (QED) is 0.185. The molecule has 11 nitrogen and oxygen atoms in total. The zero-order chi connectivity index (χ0) is 36.1. The molecule has 2 bridgehead atoms. The molecule has 2 aliphatic carbocycles. The fraction of sp³-hybridized carbons (Fsp3) is 0.500. The summed E-state index contributed by atoms with van der Waals surface area (Å²) in [6.07, 6.45) is 10.0. The molecule has 0 saturated heterocycles. The molecule has 0 radical (unpaired) electrons. The van der Waals surface area contributed by atoms with E-state index in [1.807, 2.05) is 60.5 Å². The summed E-state index contributed by atoms with van der Waals surface area (Å²) < 4.78 is 3.81. The fourth-order valence-electron chi connectivity index (χ4n) is 9.41. The van der Waals surface area contributed by atoms with Gasteiger partial charge in [0.05, 0.1) is 28.7 Å². The Morgan fingerprint density at radius 2 is 1.40 bits per heavy atom. The molecule has 274 valence electrons. The zero-order valence-electron chi connectivity index (χ0n) is 30.5. The number of carbonyl (C=O) groups is 2. The van der Waals surface area contributed by atoms with E-state index < -0.39 is 0 Å². The second-order valence-corrected chi connectivity index (χ2v) is 15.9. The minimum Gasteiger partial charge on any atom is -0.395 e. The molecule has 0 spiro atoms. The van der Waals surface area contributed by atoms with Gasteiger partial charge in [-0.2, -0.15) is 0 Å². The molecule has 4 heterocycles. The number of hydrogen-bond acceptors (Lipinski definition) is 7. The van der Waals surface area contributed by atoms with Crippen LogP contribution in [0.2, 0.25) is 5.02 Å². The number of anilines is 2. The first kappa shape index (κ1) is 35.0. The SMILES string of the molecule is Cc1c(NC(=O)c2nc3c(n2C)CCN(CCC24CCC(CC2)C4)C3)cccc1-c1cccc(NC(=O)c2nc3c(n2C)CCN(CCO)C3)c1Cl. The topological polar surface area (TPSA) is 121 Å². The van der Waals surface area contributed by atoms with Crippen LogP contribution in [0.1, 0.15) is 88.1 Å². The third kappa shape index (κ3) is 6.46. The molecule has 4 aliphatic rings. The summed E-state index contributed by atoms with van der Waals surface area (Å²) >= 11 is 6.99. The molecule has 2 aliphatic heterocycles. The summed E-state index contributed by atoms with van der Waals surface area (Å²) in [5.74, 6) is 1.12. The first-order chi connectivity index (χ1) is 25.1. The van der Waals surface area contributed by atoms with Crippen molar-refractivity contribution in [3.05, 3.63) is 81.4 Å². The van der Waals surface area contributed by atoms with Crippen molar-refractivity contribution >= 4 is 34.8 Å². The van der Waals surface area contributed by atoms with Gasteiger partial charge in [0, 0.05) is 82.3 Å². The summed E-state index contributed by atoms with van der Waals surface area (Å²) in [5, 5.41) is 15.9. The van der Waals surface area contributed by atoms with Crippen molar-refractivity contribution < 1.29 is 14.7 Å². The largest absolute Gasteiger partial charge is 0.395 e. The Hall–Kier alpha value is -4.03. The van der Waals surface area contributed by atoms with Gasteiger partial charge >= 0.3 is 0 Å². The molecule has 12 heteroatoms. The highest BCUT2D eigenvalue weighted by atomic mass is 35.5. The number of fused-ring (bicyclic) bond motifs is 4. The van der Waals surface area contributed by atoms with E-state index in [1.165, 1.54) is 38.5 Å². The maximum Gasteiger partial charge on any atom is 0.291 e. The minimum atomic E-state index is -0.344. The standard InChI is InChI=1S/C40H49ClN8O3/c1-25-27(28-7-5-9-30(35(28)41)45-39(52)37-43-32-24-49(20-21-50)18-13-34(32)47(37)3)6-4-8-29(25)44-38(51)36-42-31-23-48(17-12-33(31)46(36)2)19-16-40-14-10-26(22-40)11-15-40/h4-9,26,50H,10-24H2,1-3H3,(H,44,51)(H,45,52). The van der Waals surface area contributed by atoms with Crippen molar-refractivity contribution in [2.45, 2.75) is 71.4 Å². The first-order valence-electron chi connectivity index (χ1n) is 18.8. The van der Waals surface area contributed by atoms with Gasteiger partial charge < -0.3 is 24.9 Å². The average molecular weight is 725 g/mol. The Kier molecular flexibility index (Phi) is 9.48. The third-order valence-electron chi connectivity index (χ3n) is 12.5. The van der Waals surface area contributed by atoms with Crippen molar-refractivity contribution in [3.63, 3.8) is 0 Å².